The molecular formula is C30H39N3O5Si. The van der Waals surface area contributed by atoms with Gasteiger partial charge in [-0.3, -0.25) is 19.7 Å². The summed E-state index contributed by atoms with van der Waals surface area (Å²) in [6.07, 6.45) is 1.15. The molecule has 0 saturated carbocycles. The van der Waals surface area contributed by atoms with Crippen molar-refractivity contribution in [3.05, 3.63) is 71.4 Å². The van der Waals surface area contributed by atoms with Gasteiger partial charge in [-0.25, -0.2) is 0 Å². The van der Waals surface area contributed by atoms with E-state index in [0.29, 0.717) is 19.4 Å². The molecule has 2 heterocycles. The fourth-order valence-electron chi connectivity index (χ4n) is 5.01. The average molecular weight is 550 g/mol. The number of hydrogen-bond acceptors (Lipinski definition) is 6. The lowest BCUT2D eigenvalue weighted by Crippen LogP contribution is -2.53. The third-order valence-electron chi connectivity index (χ3n) is 7.12. The van der Waals surface area contributed by atoms with Crippen LogP contribution in [-0.2, 0) is 36.7 Å². The summed E-state index contributed by atoms with van der Waals surface area (Å²) >= 11 is 0. The van der Waals surface area contributed by atoms with E-state index < -0.39 is 26.2 Å². The molecule has 2 aromatic carbocycles. The van der Waals surface area contributed by atoms with Crippen LogP contribution in [0.2, 0.25) is 25.7 Å². The summed E-state index contributed by atoms with van der Waals surface area (Å²) in [5.74, 6) is -0.883. The van der Waals surface area contributed by atoms with Crippen molar-refractivity contribution in [2.75, 3.05) is 13.7 Å². The summed E-state index contributed by atoms with van der Waals surface area (Å²) in [5.41, 5.74) is 3.90. The number of hydrogen-bond donors (Lipinski definition) is 3. The minimum Gasteiger partial charge on any atom is -0.469 e. The van der Waals surface area contributed by atoms with Crippen LogP contribution in [0.25, 0.3) is 10.9 Å². The number of benzene rings is 2. The number of esters is 2. The van der Waals surface area contributed by atoms with Crippen LogP contribution in [-0.4, -0.2) is 56.7 Å². The van der Waals surface area contributed by atoms with E-state index in [9.17, 15) is 14.4 Å². The minimum atomic E-state index is -1.33. The van der Waals surface area contributed by atoms with E-state index in [2.05, 4.69) is 35.3 Å². The van der Waals surface area contributed by atoms with Crippen molar-refractivity contribution in [1.82, 2.24) is 15.6 Å². The molecule has 0 saturated heterocycles. The Balaban J connectivity index is 1.51. The van der Waals surface area contributed by atoms with Crippen LogP contribution >= 0.6 is 0 Å². The Kier molecular flexibility index (Phi) is 9.24. The number of H-pyrrole nitrogens is 1. The first-order valence-electron chi connectivity index (χ1n) is 13.5. The van der Waals surface area contributed by atoms with Gasteiger partial charge >= 0.3 is 11.9 Å². The molecule has 1 aliphatic heterocycles. The predicted molar refractivity (Wildman–Crippen MR) is 154 cm³/mol. The SMILES string of the molecule is COC(=O)C[C@@H]1N[C@H](C(=O)N[C@@H](CC(=O)OCC[Si](C)(C)C)Cc2ccccc2)Cc2c1[nH]c1ccccc21. The minimum absolute atomic E-state index is 0.0863. The summed E-state index contributed by atoms with van der Waals surface area (Å²) < 4.78 is 10.5. The second-order valence-electron chi connectivity index (χ2n) is 11.4. The Hall–Kier alpha value is -3.43. The number of aromatic nitrogens is 1. The van der Waals surface area contributed by atoms with Crippen molar-refractivity contribution in [2.45, 2.75) is 69.5 Å². The molecular weight excluding hydrogens is 510 g/mol. The first kappa shape index (κ1) is 28.6. The van der Waals surface area contributed by atoms with Gasteiger partial charge in [0.1, 0.15) is 0 Å². The Morgan fingerprint density at radius 2 is 1.74 bits per heavy atom. The maximum atomic E-state index is 13.6. The number of rotatable bonds is 11. The zero-order valence-corrected chi connectivity index (χ0v) is 24.2. The van der Waals surface area contributed by atoms with E-state index in [1.807, 2.05) is 54.6 Å². The van der Waals surface area contributed by atoms with E-state index in [1.165, 1.54) is 7.11 Å². The number of carbonyl (C=O) groups excluding carboxylic acids is 3. The summed E-state index contributed by atoms with van der Waals surface area (Å²) in [6, 6.07) is 17.2. The molecule has 1 aliphatic rings. The van der Waals surface area contributed by atoms with Crippen LogP contribution in [0.15, 0.2) is 54.6 Å². The van der Waals surface area contributed by atoms with Crippen LogP contribution in [0.4, 0.5) is 0 Å². The smallest absolute Gasteiger partial charge is 0.307 e. The molecule has 39 heavy (non-hydrogen) atoms. The number of ether oxygens (including phenoxy) is 2. The number of methoxy groups -OCH3 is 1. The van der Waals surface area contributed by atoms with Gasteiger partial charge in [-0.2, -0.15) is 0 Å². The van der Waals surface area contributed by atoms with Crippen molar-refractivity contribution in [2.24, 2.45) is 0 Å². The molecule has 3 atom stereocenters. The fraction of sp³-hybridized carbons (Fsp3) is 0.433. The van der Waals surface area contributed by atoms with Crippen molar-refractivity contribution < 1.29 is 23.9 Å². The number of aromatic amines is 1. The standard InChI is InChI=1S/C30H39N3O5Si/c1-37-27(34)19-25-29-23(22-12-8-9-13-24(22)33-29)18-26(32-25)30(36)31-21(16-20-10-6-5-7-11-20)17-28(35)38-14-15-39(2,3)4/h5-13,21,25-26,32-33H,14-19H2,1-4H3,(H,31,36)/t21-,25+,26+/m1/s1. The van der Waals surface area contributed by atoms with Crippen LogP contribution in [0.1, 0.15) is 35.7 Å². The first-order chi connectivity index (χ1) is 18.6. The van der Waals surface area contributed by atoms with E-state index in [1.54, 1.807) is 0 Å². The first-order valence-corrected chi connectivity index (χ1v) is 17.3. The molecule has 208 valence electrons. The molecule has 0 radical (unpaired) electrons. The van der Waals surface area contributed by atoms with Crippen molar-refractivity contribution in [3.63, 3.8) is 0 Å². The molecule has 0 unspecified atom stereocenters. The van der Waals surface area contributed by atoms with Gasteiger partial charge in [-0.05, 0) is 36.1 Å². The average Bonchev–Trinajstić information content (AvgIpc) is 3.27. The summed E-state index contributed by atoms with van der Waals surface area (Å²) in [5, 5.41) is 7.50. The van der Waals surface area contributed by atoms with E-state index in [0.717, 1.165) is 33.8 Å². The Morgan fingerprint density at radius 1 is 1.03 bits per heavy atom. The van der Waals surface area contributed by atoms with Crippen LogP contribution < -0.4 is 10.6 Å². The molecule has 0 spiro atoms. The molecule has 3 aromatic rings. The zero-order valence-electron chi connectivity index (χ0n) is 23.2. The Bertz CT molecular complexity index is 1300. The highest BCUT2D eigenvalue weighted by atomic mass is 28.3. The van der Waals surface area contributed by atoms with Gasteiger partial charge in [0.05, 0.1) is 38.6 Å². The van der Waals surface area contributed by atoms with Gasteiger partial charge < -0.3 is 19.8 Å². The third-order valence-corrected chi connectivity index (χ3v) is 8.82. The molecule has 1 amide bonds. The molecule has 0 fully saturated rings. The lowest BCUT2D eigenvalue weighted by molar-refractivity contribution is -0.144. The van der Waals surface area contributed by atoms with Crippen LogP contribution in [0.3, 0.4) is 0 Å². The summed E-state index contributed by atoms with van der Waals surface area (Å²) in [4.78, 5) is 42.0. The van der Waals surface area contributed by atoms with E-state index >= 15 is 0 Å². The number of nitrogens with one attached hydrogen (secondary N) is 3. The van der Waals surface area contributed by atoms with Gasteiger partial charge in [0.25, 0.3) is 0 Å². The van der Waals surface area contributed by atoms with Gasteiger partial charge in [0.2, 0.25) is 5.91 Å². The Labute approximate surface area is 230 Å². The second-order valence-corrected chi connectivity index (χ2v) is 17.1. The quantitative estimate of drug-likeness (QED) is 0.243. The lowest BCUT2D eigenvalue weighted by atomic mass is 9.91. The summed E-state index contributed by atoms with van der Waals surface area (Å²) in [7, 11) is 0.0310. The van der Waals surface area contributed by atoms with Crippen LogP contribution in [0.5, 0.6) is 0 Å². The molecule has 0 aliphatic carbocycles. The Morgan fingerprint density at radius 3 is 2.46 bits per heavy atom. The number of amides is 1. The van der Waals surface area contributed by atoms with Crippen molar-refractivity contribution >= 4 is 36.8 Å². The highest BCUT2D eigenvalue weighted by Gasteiger charge is 2.35. The highest BCUT2D eigenvalue weighted by Crippen LogP contribution is 2.33. The lowest BCUT2D eigenvalue weighted by Gasteiger charge is -2.31. The molecule has 4 rings (SSSR count). The molecule has 1 aromatic heterocycles. The monoisotopic (exact) mass is 549 g/mol. The second kappa shape index (κ2) is 12.6. The molecule has 0 bridgehead atoms. The van der Waals surface area contributed by atoms with E-state index in [4.69, 9.17) is 9.47 Å². The number of carbonyl (C=O) groups is 3. The highest BCUT2D eigenvalue weighted by molar-refractivity contribution is 6.76. The van der Waals surface area contributed by atoms with Crippen molar-refractivity contribution in [1.29, 1.82) is 0 Å². The molecule has 9 heteroatoms. The number of para-hydroxylation sites is 1. The predicted octanol–water partition coefficient (Wildman–Crippen LogP) is 4.29. The van der Waals surface area contributed by atoms with Gasteiger partial charge in [-0.15, -0.1) is 0 Å². The molecule has 8 nitrogen and oxygen atoms in total. The topological polar surface area (TPSA) is 110 Å². The third kappa shape index (κ3) is 7.80. The van der Waals surface area contributed by atoms with Crippen molar-refractivity contribution in [3.8, 4) is 0 Å². The van der Waals surface area contributed by atoms with Gasteiger partial charge in [-0.1, -0.05) is 68.2 Å². The fourth-order valence-corrected chi connectivity index (χ4v) is 5.73. The van der Waals surface area contributed by atoms with Gasteiger partial charge in [0, 0.05) is 30.7 Å². The maximum Gasteiger partial charge on any atom is 0.307 e. The zero-order chi connectivity index (χ0) is 28.0. The molecule has 3 N–H and O–H groups in total. The van der Waals surface area contributed by atoms with Gasteiger partial charge in [0.15, 0.2) is 0 Å². The normalized spacial score (nSPS) is 17.7. The summed E-state index contributed by atoms with van der Waals surface area (Å²) in [6.45, 7) is 7.12. The largest absolute Gasteiger partial charge is 0.469 e. The van der Waals surface area contributed by atoms with Crippen LogP contribution in [0, 0.1) is 0 Å². The number of fused-ring (bicyclic) bond motifs is 3. The van der Waals surface area contributed by atoms with E-state index in [-0.39, 0.29) is 30.7 Å². The maximum absolute atomic E-state index is 13.6.